The lowest BCUT2D eigenvalue weighted by Gasteiger charge is -2.26. The number of carbonyl (C=O) groups is 2. The molecule has 0 spiro atoms. The second-order valence-corrected chi connectivity index (χ2v) is 4.19. The molecular weight excluding hydrogens is 236 g/mol. The Morgan fingerprint density at radius 2 is 2.33 bits per heavy atom. The van der Waals surface area contributed by atoms with Gasteiger partial charge in [0.1, 0.15) is 11.8 Å². The van der Waals surface area contributed by atoms with Crippen LogP contribution >= 0.6 is 0 Å². The average molecular weight is 250 g/mol. The summed E-state index contributed by atoms with van der Waals surface area (Å²) in [5.41, 5.74) is 6.92. The molecule has 2 rings (SSSR count). The first-order valence-corrected chi connectivity index (χ1v) is 5.49. The summed E-state index contributed by atoms with van der Waals surface area (Å²) in [5, 5.41) is 8.75. The summed E-state index contributed by atoms with van der Waals surface area (Å²) < 4.78 is 5.31. The van der Waals surface area contributed by atoms with E-state index < -0.39 is 12.0 Å². The summed E-state index contributed by atoms with van der Waals surface area (Å²) in [5.74, 6) is -0.578. The molecule has 0 fully saturated rings. The number of carbonyl (C=O) groups excluding carboxylic acids is 1. The SMILES string of the molecule is CN1C(=O)COc2cc(CC(N)C(=O)O)ccc21. The standard InChI is InChI=1S/C12H14N2O4/c1-14-9-3-2-7(4-8(13)12(16)17)5-10(9)18-6-11(14)15/h2-3,5,8H,4,6,13H2,1H3,(H,16,17). The Bertz CT molecular complexity index is 501. The molecule has 3 N–H and O–H groups in total. The molecule has 96 valence electrons. The smallest absolute Gasteiger partial charge is 0.320 e. The maximum Gasteiger partial charge on any atom is 0.320 e. The monoisotopic (exact) mass is 250 g/mol. The highest BCUT2D eigenvalue weighted by Crippen LogP contribution is 2.32. The molecule has 0 aromatic heterocycles. The van der Waals surface area contributed by atoms with Crippen molar-refractivity contribution in [3.63, 3.8) is 0 Å². The second-order valence-electron chi connectivity index (χ2n) is 4.19. The molecule has 1 aromatic rings. The molecule has 1 atom stereocenters. The number of hydrogen-bond donors (Lipinski definition) is 2. The molecule has 6 heteroatoms. The lowest BCUT2D eigenvalue weighted by atomic mass is 10.0. The predicted octanol–water partition coefficient (Wildman–Crippen LogP) is -0.00380. The van der Waals surface area contributed by atoms with Gasteiger partial charge in [-0.3, -0.25) is 9.59 Å². The molecule has 0 aliphatic carbocycles. The van der Waals surface area contributed by atoms with Gasteiger partial charge in [-0.25, -0.2) is 0 Å². The number of likely N-dealkylation sites (N-methyl/N-ethyl adjacent to an activating group) is 1. The molecule has 1 aliphatic rings. The molecule has 1 amide bonds. The van der Waals surface area contributed by atoms with Gasteiger partial charge in [-0.2, -0.15) is 0 Å². The second kappa shape index (κ2) is 4.66. The third-order valence-corrected chi connectivity index (χ3v) is 2.88. The van der Waals surface area contributed by atoms with Crippen molar-refractivity contribution in [2.24, 2.45) is 5.73 Å². The number of nitrogens with zero attached hydrogens (tertiary/aromatic N) is 1. The van der Waals surface area contributed by atoms with E-state index in [4.69, 9.17) is 15.6 Å². The molecule has 0 radical (unpaired) electrons. The van der Waals surface area contributed by atoms with E-state index in [1.807, 2.05) is 0 Å². The minimum absolute atomic E-state index is 0.00205. The number of rotatable bonds is 3. The third kappa shape index (κ3) is 2.28. The number of anilines is 1. The predicted molar refractivity (Wildman–Crippen MR) is 64.7 cm³/mol. The topological polar surface area (TPSA) is 92.9 Å². The van der Waals surface area contributed by atoms with Gasteiger partial charge in [-0.1, -0.05) is 6.07 Å². The van der Waals surface area contributed by atoms with Crippen LogP contribution in [0.3, 0.4) is 0 Å². The van der Waals surface area contributed by atoms with Crippen LogP contribution in [-0.4, -0.2) is 36.7 Å². The Morgan fingerprint density at radius 1 is 1.61 bits per heavy atom. The molecule has 1 aromatic carbocycles. The van der Waals surface area contributed by atoms with Crippen molar-refractivity contribution < 1.29 is 19.4 Å². The van der Waals surface area contributed by atoms with Crippen LogP contribution < -0.4 is 15.4 Å². The third-order valence-electron chi connectivity index (χ3n) is 2.88. The number of fused-ring (bicyclic) bond motifs is 1. The van der Waals surface area contributed by atoms with Gasteiger partial charge in [-0.05, 0) is 24.1 Å². The first-order chi connectivity index (χ1) is 8.49. The largest absolute Gasteiger partial charge is 0.482 e. The van der Waals surface area contributed by atoms with Gasteiger partial charge in [0.15, 0.2) is 6.61 Å². The molecule has 0 saturated heterocycles. The van der Waals surface area contributed by atoms with E-state index in [2.05, 4.69) is 0 Å². The fraction of sp³-hybridized carbons (Fsp3) is 0.333. The van der Waals surface area contributed by atoms with Crippen LogP contribution in [0.25, 0.3) is 0 Å². The molecule has 1 unspecified atom stereocenters. The van der Waals surface area contributed by atoms with Gasteiger partial charge in [-0.15, -0.1) is 0 Å². The van der Waals surface area contributed by atoms with Crippen molar-refractivity contribution >= 4 is 17.6 Å². The summed E-state index contributed by atoms with van der Waals surface area (Å²) in [6.07, 6.45) is 0.226. The molecule has 0 bridgehead atoms. The average Bonchev–Trinajstić information content (AvgIpc) is 2.34. The van der Waals surface area contributed by atoms with Crippen LogP contribution in [0.15, 0.2) is 18.2 Å². The number of benzene rings is 1. The summed E-state index contributed by atoms with van der Waals surface area (Å²) >= 11 is 0. The number of ether oxygens (including phenoxy) is 1. The van der Waals surface area contributed by atoms with E-state index in [9.17, 15) is 9.59 Å². The molecule has 18 heavy (non-hydrogen) atoms. The van der Waals surface area contributed by atoms with E-state index in [-0.39, 0.29) is 18.9 Å². The van der Waals surface area contributed by atoms with Gasteiger partial charge >= 0.3 is 5.97 Å². The van der Waals surface area contributed by atoms with Crippen molar-refractivity contribution in [1.29, 1.82) is 0 Å². The minimum atomic E-state index is -1.04. The summed E-state index contributed by atoms with van der Waals surface area (Å²) in [6.45, 7) is -0.00205. The van der Waals surface area contributed by atoms with Crippen LogP contribution in [0.1, 0.15) is 5.56 Å². The lowest BCUT2D eigenvalue weighted by molar-refractivity contribution is -0.138. The maximum absolute atomic E-state index is 11.4. The van der Waals surface area contributed by atoms with Gasteiger partial charge in [0, 0.05) is 7.05 Å². The molecule has 1 heterocycles. The van der Waals surface area contributed by atoms with E-state index in [0.29, 0.717) is 11.4 Å². The highest BCUT2D eigenvalue weighted by atomic mass is 16.5. The van der Waals surface area contributed by atoms with Crippen LogP contribution in [0.5, 0.6) is 5.75 Å². The van der Waals surface area contributed by atoms with Gasteiger partial charge in [0.25, 0.3) is 5.91 Å². The maximum atomic E-state index is 11.4. The zero-order valence-corrected chi connectivity index (χ0v) is 9.92. The Morgan fingerprint density at radius 3 is 3.00 bits per heavy atom. The normalized spacial score (nSPS) is 15.9. The molecule has 0 saturated carbocycles. The zero-order valence-electron chi connectivity index (χ0n) is 9.92. The van der Waals surface area contributed by atoms with Gasteiger partial charge in [0.2, 0.25) is 0 Å². The van der Waals surface area contributed by atoms with Crippen molar-refractivity contribution in [1.82, 2.24) is 0 Å². The fourth-order valence-corrected chi connectivity index (χ4v) is 1.79. The molecular formula is C12H14N2O4. The number of hydrogen-bond acceptors (Lipinski definition) is 4. The number of aliphatic carboxylic acids is 1. The van der Waals surface area contributed by atoms with E-state index in [1.54, 1.807) is 25.2 Å². The first-order valence-electron chi connectivity index (χ1n) is 5.49. The minimum Gasteiger partial charge on any atom is -0.482 e. The Kier molecular flexibility index (Phi) is 3.20. The van der Waals surface area contributed by atoms with Crippen molar-refractivity contribution in [2.75, 3.05) is 18.6 Å². The fourth-order valence-electron chi connectivity index (χ4n) is 1.79. The summed E-state index contributed by atoms with van der Waals surface area (Å²) in [7, 11) is 1.67. The number of carboxylic acids is 1. The quantitative estimate of drug-likeness (QED) is 0.787. The van der Waals surface area contributed by atoms with Crippen molar-refractivity contribution in [3.05, 3.63) is 23.8 Å². The van der Waals surface area contributed by atoms with E-state index in [0.717, 1.165) is 5.56 Å². The van der Waals surface area contributed by atoms with Crippen LogP contribution in [0, 0.1) is 0 Å². The number of nitrogens with two attached hydrogens (primary N) is 1. The van der Waals surface area contributed by atoms with E-state index in [1.165, 1.54) is 4.90 Å². The lowest BCUT2D eigenvalue weighted by Crippen LogP contribution is -2.35. The van der Waals surface area contributed by atoms with Gasteiger partial charge in [0.05, 0.1) is 5.69 Å². The highest BCUT2D eigenvalue weighted by molar-refractivity contribution is 5.97. The Hall–Kier alpha value is -2.08. The van der Waals surface area contributed by atoms with Crippen LogP contribution in [-0.2, 0) is 16.0 Å². The Labute approximate surface area is 104 Å². The van der Waals surface area contributed by atoms with E-state index >= 15 is 0 Å². The highest BCUT2D eigenvalue weighted by Gasteiger charge is 2.22. The number of carboxylic acid groups (broad SMARTS) is 1. The Balaban J connectivity index is 2.23. The van der Waals surface area contributed by atoms with Crippen LogP contribution in [0.4, 0.5) is 5.69 Å². The van der Waals surface area contributed by atoms with Crippen molar-refractivity contribution in [2.45, 2.75) is 12.5 Å². The first kappa shape index (κ1) is 12.4. The zero-order chi connectivity index (χ0) is 13.3. The van der Waals surface area contributed by atoms with Gasteiger partial charge < -0.3 is 20.5 Å². The van der Waals surface area contributed by atoms with Crippen molar-refractivity contribution in [3.8, 4) is 5.75 Å². The summed E-state index contributed by atoms with van der Waals surface area (Å²) in [6, 6.07) is 4.27. The van der Waals surface area contributed by atoms with Crippen LogP contribution in [0.2, 0.25) is 0 Å². The molecule has 6 nitrogen and oxygen atoms in total. The number of amides is 1. The summed E-state index contributed by atoms with van der Waals surface area (Å²) in [4.78, 5) is 23.6. The molecule has 1 aliphatic heterocycles.